The molecule has 1 aliphatic heterocycles. The van der Waals surface area contributed by atoms with Gasteiger partial charge in [0.1, 0.15) is 0 Å². The quantitative estimate of drug-likeness (QED) is 0.793. The van der Waals surface area contributed by atoms with Crippen molar-refractivity contribution in [3.63, 3.8) is 0 Å². The van der Waals surface area contributed by atoms with Crippen molar-refractivity contribution in [2.45, 2.75) is 52.0 Å². The van der Waals surface area contributed by atoms with Gasteiger partial charge in [0.15, 0.2) is 0 Å². The summed E-state index contributed by atoms with van der Waals surface area (Å²) in [7, 11) is 0. The molecule has 2 rings (SSSR count). The first-order valence-corrected chi connectivity index (χ1v) is 7.12. The summed E-state index contributed by atoms with van der Waals surface area (Å²) in [6.07, 6.45) is 5.83. The number of aryl methyl sites for hydroxylation is 1. The van der Waals surface area contributed by atoms with Crippen molar-refractivity contribution in [3.8, 4) is 0 Å². The Bertz CT molecular complexity index is 396. The minimum atomic E-state index is 0.196. The third-order valence-electron chi connectivity index (χ3n) is 3.83. The van der Waals surface area contributed by atoms with Crippen LogP contribution in [0.1, 0.15) is 55.5 Å². The van der Waals surface area contributed by atoms with E-state index >= 15 is 0 Å². The van der Waals surface area contributed by atoms with Crippen LogP contribution in [0.15, 0.2) is 24.3 Å². The number of hydrogen-bond acceptors (Lipinski definition) is 1. The van der Waals surface area contributed by atoms with Gasteiger partial charge in [0.05, 0.1) is 0 Å². The molecular formula is C16H23NO. The molecule has 1 atom stereocenters. The molecule has 0 aliphatic carbocycles. The molecule has 2 nitrogen and oxygen atoms in total. The van der Waals surface area contributed by atoms with Crippen molar-refractivity contribution in [3.05, 3.63) is 35.4 Å². The van der Waals surface area contributed by atoms with Gasteiger partial charge in [-0.1, -0.05) is 25.5 Å². The van der Waals surface area contributed by atoms with Crippen molar-refractivity contribution in [1.82, 2.24) is 4.90 Å². The summed E-state index contributed by atoms with van der Waals surface area (Å²) in [4.78, 5) is 14.3. The Morgan fingerprint density at radius 2 is 2.06 bits per heavy atom. The van der Waals surface area contributed by atoms with Crippen LogP contribution in [0.25, 0.3) is 0 Å². The van der Waals surface area contributed by atoms with Gasteiger partial charge in [-0.25, -0.2) is 0 Å². The molecule has 0 spiro atoms. The monoisotopic (exact) mass is 245 g/mol. The second-order valence-corrected chi connectivity index (χ2v) is 5.29. The number of carbonyl (C=O) groups excluding carboxylic acids is 1. The van der Waals surface area contributed by atoms with Gasteiger partial charge in [0.25, 0.3) is 5.91 Å². The van der Waals surface area contributed by atoms with Crippen LogP contribution in [-0.4, -0.2) is 23.4 Å². The topological polar surface area (TPSA) is 20.3 Å². The molecule has 1 fully saturated rings. The first-order chi connectivity index (χ1) is 8.72. The van der Waals surface area contributed by atoms with E-state index in [1.165, 1.54) is 18.4 Å². The van der Waals surface area contributed by atoms with E-state index in [-0.39, 0.29) is 5.91 Å². The fourth-order valence-corrected chi connectivity index (χ4v) is 2.60. The Hall–Kier alpha value is -1.31. The number of rotatable bonds is 4. The molecule has 1 heterocycles. The summed E-state index contributed by atoms with van der Waals surface area (Å²) in [5.74, 6) is 0.196. The predicted molar refractivity (Wildman–Crippen MR) is 74.8 cm³/mol. The smallest absolute Gasteiger partial charge is 0.254 e. The second-order valence-electron chi connectivity index (χ2n) is 5.29. The Morgan fingerprint density at radius 3 is 2.61 bits per heavy atom. The molecule has 1 aromatic carbocycles. The summed E-state index contributed by atoms with van der Waals surface area (Å²) in [5, 5.41) is 0. The number of likely N-dealkylation sites (tertiary alicyclic amines) is 1. The van der Waals surface area contributed by atoms with Crippen LogP contribution in [-0.2, 0) is 6.42 Å². The van der Waals surface area contributed by atoms with Gasteiger partial charge in [0, 0.05) is 18.2 Å². The Kier molecular flexibility index (Phi) is 4.40. The van der Waals surface area contributed by atoms with Crippen LogP contribution in [0, 0.1) is 0 Å². The molecule has 1 amide bonds. The van der Waals surface area contributed by atoms with E-state index in [9.17, 15) is 4.79 Å². The molecule has 0 bridgehead atoms. The SMILES string of the molecule is CCCCc1ccc(C(=O)N2CCCC2C)cc1. The van der Waals surface area contributed by atoms with Crippen LogP contribution < -0.4 is 0 Å². The minimum Gasteiger partial charge on any atom is -0.336 e. The number of nitrogens with zero attached hydrogens (tertiary/aromatic N) is 1. The van der Waals surface area contributed by atoms with E-state index in [1.807, 2.05) is 17.0 Å². The van der Waals surface area contributed by atoms with Gasteiger partial charge in [-0.05, 0) is 50.3 Å². The Balaban J connectivity index is 2.02. The summed E-state index contributed by atoms with van der Waals surface area (Å²) in [5.41, 5.74) is 2.17. The maximum atomic E-state index is 12.3. The van der Waals surface area contributed by atoms with Gasteiger partial charge in [-0.3, -0.25) is 4.79 Å². The normalized spacial score (nSPS) is 19.2. The highest BCUT2D eigenvalue weighted by molar-refractivity contribution is 5.94. The van der Waals surface area contributed by atoms with Crippen LogP contribution in [0.3, 0.4) is 0 Å². The van der Waals surface area contributed by atoms with Crippen LogP contribution in [0.4, 0.5) is 0 Å². The van der Waals surface area contributed by atoms with Crippen LogP contribution in [0.5, 0.6) is 0 Å². The molecule has 0 saturated carbocycles. The van der Waals surface area contributed by atoms with E-state index in [4.69, 9.17) is 0 Å². The highest BCUT2D eigenvalue weighted by Crippen LogP contribution is 2.19. The first kappa shape index (κ1) is 13.1. The average molecular weight is 245 g/mol. The van der Waals surface area contributed by atoms with E-state index in [0.717, 1.165) is 31.4 Å². The van der Waals surface area contributed by atoms with Crippen molar-refractivity contribution in [1.29, 1.82) is 0 Å². The fourth-order valence-electron chi connectivity index (χ4n) is 2.60. The lowest BCUT2D eigenvalue weighted by molar-refractivity contribution is 0.0747. The Labute approximate surface area is 110 Å². The molecule has 0 N–H and O–H groups in total. The molecule has 0 aromatic heterocycles. The van der Waals surface area contributed by atoms with Crippen molar-refractivity contribution in [2.75, 3.05) is 6.54 Å². The van der Waals surface area contributed by atoms with Crippen molar-refractivity contribution >= 4 is 5.91 Å². The summed E-state index contributed by atoms with van der Waals surface area (Å²) in [6.45, 7) is 5.25. The van der Waals surface area contributed by atoms with E-state index in [2.05, 4.69) is 26.0 Å². The summed E-state index contributed by atoms with van der Waals surface area (Å²) < 4.78 is 0. The van der Waals surface area contributed by atoms with Crippen molar-refractivity contribution in [2.24, 2.45) is 0 Å². The van der Waals surface area contributed by atoms with Crippen molar-refractivity contribution < 1.29 is 4.79 Å². The number of carbonyl (C=O) groups is 1. The summed E-state index contributed by atoms with van der Waals surface area (Å²) in [6, 6.07) is 8.57. The molecular weight excluding hydrogens is 222 g/mol. The van der Waals surface area contributed by atoms with Gasteiger partial charge in [-0.2, -0.15) is 0 Å². The van der Waals surface area contributed by atoms with Gasteiger partial charge < -0.3 is 4.90 Å². The van der Waals surface area contributed by atoms with Crippen LogP contribution >= 0.6 is 0 Å². The third-order valence-corrected chi connectivity index (χ3v) is 3.83. The van der Waals surface area contributed by atoms with Gasteiger partial charge in [0.2, 0.25) is 0 Å². The van der Waals surface area contributed by atoms with Crippen LogP contribution in [0.2, 0.25) is 0 Å². The van der Waals surface area contributed by atoms with E-state index < -0.39 is 0 Å². The number of benzene rings is 1. The average Bonchev–Trinajstić information content (AvgIpc) is 2.82. The Morgan fingerprint density at radius 1 is 1.33 bits per heavy atom. The fraction of sp³-hybridized carbons (Fsp3) is 0.562. The number of unbranched alkanes of at least 4 members (excludes halogenated alkanes) is 1. The molecule has 98 valence electrons. The van der Waals surface area contributed by atoms with Gasteiger partial charge in [-0.15, -0.1) is 0 Å². The second kappa shape index (κ2) is 6.03. The molecule has 1 unspecified atom stereocenters. The maximum absolute atomic E-state index is 12.3. The van der Waals surface area contributed by atoms with E-state index in [1.54, 1.807) is 0 Å². The lowest BCUT2D eigenvalue weighted by Crippen LogP contribution is -2.33. The zero-order valence-electron chi connectivity index (χ0n) is 11.5. The lowest BCUT2D eigenvalue weighted by atomic mass is 10.1. The molecule has 1 aliphatic rings. The molecule has 2 heteroatoms. The maximum Gasteiger partial charge on any atom is 0.254 e. The third kappa shape index (κ3) is 2.92. The zero-order chi connectivity index (χ0) is 13.0. The molecule has 0 radical (unpaired) electrons. The first-order valence-electron chi connectivity index (χ1n) is 7.12. The number of amides is 1. The minimum absolute atomic E-state index is 0.196. The zero-order valence-corrected chi connectivity index (χ0v) is 11.5. The highest BCUT2D eigenvalue weighted by atomic mass is 16.2. The molecule has 1 saturated heterocycles. The summed E-state index contributed by atoms with van der Waals surface area (Å²) >= 11 is 0. The number of hydrogen-bond donors (Lipinski definition) is 0. The molecule has 18 heavy (non-hydrogen) atoms. The lowest BCUT2D eigenvalue weighted by Gasteiger charge is -2.21. The highest BCUT2D eigenvalue weighted by Gasteiger charge is 2.25. The largest absolute Gasteiger partial charge is 0.336 e. The predicted octanol–water partition coefficient (Wildman–Crippen LogP) is 3.65. The van der Waals surface area contributed by atoms with E-state index in [0.29, 0.717) is 6.04 Å². The van der Waals surface area contributed by atoms with Gasteiger partial charge >= 0.3 is 0 Å². The molecule has 1 aromatic rings. The standard InChI is InChI=1S/C16H23NO/c1-3-4-7-14-8-10-15(11-9-14)16(18)17-12-5-6-13(17)2/h8-11,13H,3-7,12H2,1-2H3.